The van der Waals surface area contributed by atoms with Crippen LogP contribution < -0.4 is 0 Å². The minimum atomic E-state index is -0.339. The van der Waals surface area contributed by atoms with Crippen LogP contribution in [0.3, 0.4) is 0 Å². The summed E-state index contributed by atoms with van der Waals surface area (Å²) in [5.74, 6) is 0.554. The summed E-state index contributed by atoms with van der Waals surface area (Å²) in [5.41, 5.74) is 0.873. The predicted octanol–water partition coefficient (Wildman–Crippen LogP) is 3.94. The van der Waals surface area contributed by atoms with E-state index in [-0.39, 0.29) is 5.83 Å². The van der Waals surface area contributed by atoms with Crippen molar-refractivity contribution in [2.75, 3.05) is 6.61 Å². The third kappa shape index (κ3) is 4.81. The topological polar surface area (TPSA) is 21.6 Å². The van der Waals surface area contributed by atoms with Crippen LogP contribution in [0.5, 0.6) is 0 Å². The largest absolute Gasteiger partial charge is 0.487 e. The molecule has 0 bridgehead atoms. The Morgan fingerprint density at radius 2 is 2.47 bits per heavy atom. The molecule has 0 aromatic rings. The molecule has 0 amide bonds. The number of hydrogen-bond donors (Lipinski definition) is 0. The van der Waals surface area contributed by atoms with Gasteiger partial charge in [-0.25, -0.2) is 4.39 Å². The lowest BCUT2D eigenvalue weighted by Gasteiger charge is -2.12. The third-order valence-corrected chi connectivity index (χ3v) is 2.36. The average Bonchev–Trinajstić information content (AvgIpc) is 2.34. The van der Waals surface area contributed by atoms with Crippen LogP contribution in [0.1, 0.15) is 20.3 Å². The van der Waals surface area contributed by atoms with E-state index in [9.17, 15) is 4.39 Å². The molecule has 0 aromatic carbocycles. The lowest BCUT2D eigenvalue weighted by atomic mass is 10.1. The molecule has 17 heavy (non-hydrogen) atoms. The molecule has 1 aliphatic heterocycles. The SMILES string of the molecule is C=C/C(=C\C(F)=C/C)OCC1=CC(C)CC=N1. The van der Waals surface area contributed by atoms with Crippen LogP contribution in [0.2, 0.25) is 0 Å². The second kappa shape index (κ2) is 6.84. The standard InChI is InChI=1S/C14H18FNO/c1-4-12(15)9-14(5-2)17-10-13-8-11(3)6-7-16-13/h4-5,7-9,11H,2,6,10H2,1,3H3/b12-4+,14-9+. The molecule has 1 atom stereocenters. The molecule has 0 saturated carbocycles. The highest BCUT2D eigenvalue weighted by Crippen LogP contribution is 2.15. The summed E-state index contributed by atoms with van der Waals surface area (Å²) in [6.07, 6.45) is 9.07. The van der Waals surface area contributed by atoms with Gasteiger partial charge in [-0.15, -0.1) is 0 Å². The van der Waals surface area contributed by atoms with Gasteiger partial charge in [0.1, 0.15) is 18.2 Å². The molecular weight excluding hydrogens is 217 g/mol. The molecule has 0 radical (unpaired) electrons. The van der Waals surface area contributed by atoms with Crippen molar-refractivity contribution < 1.29 is 9.13 Å². The van der Waals surface area contributed by atoms with Crippen LogP contribution in [0.4, 0.5) is 4.39 Å². The van der Waals surface area contributed by atoms with E-state index < -0.39 is 0 Å². The van der Waals surface area contributed by atoms with Crippen molar-refractivity contribution in [2.24, 2.45) is 10.9 Å². The Balaban J connectivity index is 2.57. The summed E-state index contributed by atoms with van der Waals surface area (Å²) in [6.45, 7) is 7.67. The van der Waals surface area contributed by atoms with Gasteiger partial charge in [-0.1, -0.05) is 25.7 Å². The molecule has 1 heterocycles. The van der Waals surface area contributed by atoms with Gasteiger partial charge >= 0.3 is 0 Å². The van der Waals surface area contributed by atoms with E-state index in [1.54, 1.807) is 6.92 Å². The van der Waals surface area contributed by atoms with Crippen molar-refractivity contribution >= 4 is 6.21 Å². The number of aliphatic imine (C=N–C) groups is 1. The molecule has 3 heteroatoms. The Morgan fingerprint density at radius 3 is 3.06 bits per heavy atom. The Morgan fingerprint density at radius 1 is 1.71 bits per heavy atom. The fourth-order valence-corrected chi connectivity index (χ4v) is 1.40. The lowest BCUT2D eigenvalue weighted by molar-refractivity contribution is 0.250. The summed E-state index contributed by atoms with van der Waals surface area (Å²) in [5, 5.41) is 0. The first-order valence-corrected chi connectivity index (χ1v) is 5.67. The number of allylic oxidation sites excluding steroid dienone is 5. The van der Waals surface area contributed by atoms with Crippen molar-refractivity contribution in [3.05, 3.63) is 48.2 Å². The van der Waals surface area contributed by atoms with Crippen LogP contribution in [-0.4, -0.2) is 12.8 Å². The van der Waals surface area contributed by atoms with E-state index in [1.165, 1.54) is 18.2 Å². The molecule has 92 valence electrons. The summed E-state index contributed by atoms with van der Waals surface area (Å²) in [6, 6.07) is 0. The zero-order valence-corrected chi connectivity index (χ0v) is 10.3. The molecule has 1 unspecified atom stereocenters. The molecule has 0 fully saturated rings. The van der Waals surface area contributed by atoms with Crippen molar-refractivity contribution in [3.8, 4) is 0 Å². The number of nitrogens with zero attached hydrogens (tertiary/aromatic N) is 1. The van der Waals surface area contributed by atoms with Gasteiger partial charge in [-0.3, -0.25) is 4.99 Å². The molecule has 0 aliphatic carbocycles. The lowest BCUT2D eigenvalue weighted by Crippen LogP contribution is -2.04. The summed E-state index contributed by atoms with van der Waals surface area (Å²) >= 11 is 0. The van der Waals surface area contributed by atoms with E-state index in [0.717, 1.165) is 12.1 Å². The molecule has 0 N–H and O–H groups in total. The van der Waals surface area contributed by atoms with E-state index in [1.807, 2.05) is 6.21 Å². The maximum atomic E-state index is 13.0. The van der Waals surface area contributed by atoms with Gasteiger partial charge in [0.2, 0.25) is 0 Å². The van der Waals surface area contributed by atoms with Crippen molar-refractivity contribution in [1.29, 1.82) is 0 Å². The van der Waals surface area contributed by atoms with Crippen LogP contribution in [0.25, 0.3) is 0 Å². The second-order valence-electron chi connectivity index (χ2n) is 3.90. The van der Waals surface area contributed by atoms with Crippen molar-refractivity contribution in [3.63, 3.8) is 0 Å². The van der Waals surface area contributed by atoms with Crippen LogP contribution in [-0.2, 0) is 4.74 Å². The fourth-order valence-electron chi connectivity index (χ4n) is 1.40. The molecule has 0 saturated heterocycles. The average molecular weight is 235 g/mol. The number of hydrogen-bond acceptors (Lipinski definition) is 2. The first-order chi connectivity index (χ1) is 8.15. The number of ether oxygens (including phenoxy) is 1. The molecule has 2 nitrogen and oxygen atoms in total. The summed E-state index contributed by atoms with van der Waals surface area (Å²) in [4.78, 5) is 4.23. The fraction of sp³-hybridized carbons (Fsp3) is 0.357. The van der Waals surface area contributed by atoms with E-state index >= 15 is 0 Å². The Hall–Kier alpha value is -1.64. The van der Waals surface area contributed by atoms with E-state index in [2.05, 4.69) is 24.6 Å². The first-order valence-electron chi connectivity index (χ1n) is 5.67. The number of rotatable bonds is 5. The smallest absolute Gasteiger partial charge is 0.130 e. The quantitative estimate of drug-likeness (QED) is 0.522. The van der Waals surface area contributed by atoms with Gasteiger partial charge in [0, 0.05) is 12.3 Å². The van der Waals surface area contributed by atoms with Gasteiger partial charge in [0.05, 0.1) is 5.70 Å². The van der Waals surface area contributed by atoms with Crippen LogP contribution >= 0.6 is 0 Å². The maximum Gasteiger partial charge on any atom is 0.130 e. The van der Waals surface area contributed by atoms with Gasteiger partial charge in [-0.2, -0.15) is 0 Å². The Kier molecular flexibility index (Phi) is 5.40. The minimum Gasteiger partial charge on any atom is -0.487 e. The Bertz CT molecular complexity index is 391. The number of halogens is 1. The molecule has 1 rings (SSSR count). The summed E-state index contributed by atoms with van der Waals surface area (Å²) < 4.78 is 18.4. The zero-order chi connectivity index (χ0) is 12.7. The molecule has 0 spiro atoms. The van der Waals surface area contributed by atoms with Crippen LogP contribution in [0, 0.1) is 5.92 Å². The molecule has 1 aliphatic rings. The van der Waals surface area contributed by atoms with Gasteiger partial charge in [-0.05, 0) is 25.3 Å². The second-order valence-corrected chi connectivity index (χ2v) is 3.90. The Labute approximate surface area is 102 Å². The highest BCUT2D eigenvalue weighted by Gasteiger charge is 2.06. The molecular formula is C14H18FNO. The van der Waals surface area contributed by atoms with Crippen molar-refractivity contribution in [2.45, 2.75) is 20.3 Å². The minimum absolute atomic E-state index is 0.339. The summed E-state index contributed by atoms with van der Waals surface area (Å²) in [7, 11) is 0. The predicted molar refractivity (Wildman–Crippen MR) is 69.5 cm³/mol. The van der Waals surface area contributed by atoms with Gasteiger partial charge in [0.15, 0.2) is 0 Å². The zero-order valence-electron chi connectivity index (χ0n) is 10.3. The highest BCUT2D eigenvalue weighted by molar-refractivity contribution is 5.61. The van der Waals surface area contributed by atoms with Crippen LogP contribution in [0.15, 0.2) is 53.2 Å². The first kappa shape index (κ1) is 13.4. The normalized spacial score (nSPS) is 21.1. The maximum absolute atomic E-state index is 13.0. The molecule has 0 aromatic heterocycles. The van der Waals surface area contributed by atoms with E-state index in [0.29, 0.717) is 18.3 Å². The van der Waals surface area contributed by atoms with E-state index in [4.69, 9.17) is 4.74 Å². The van der Waals surface area contributed by atoms with Crippen molar-refractivity contribution in [1.82, 2.24) is 0 Å². The highest BCUT2D eigenvalue weighted by atomic mass is 19.1. The third-order valence-electron chi connectivity index (χ3n) is 2.36. The van der Waals surface area contributed by atoms with Gasteiger partial charge in [0.25, 0.3) is 0 Å². The van der Waals surface area contributed by atoms with Gasteiger partial charge < -0.3 is 4.74 Å². The monoisotopic (exact) mass is 235 g/mol.